The Morgan fingerprint density at radius 3 is 3.00 bits per heavy atom. The number of rotatable bonds is 4. The van der Waals surface area contributed by atoms with Crippen LogP contribution in [0.4, 0.5) is 0 Å². The Hall–Kier alpha value is -0.0800. The van der Waals surface area contributed by atoms with Gasteiger partial charge >= 0.3 is 0 Å². The summed E-state index contributed by atoms with van der Waals surface area (Å²) in [4.78, 5) is 0. The smallest absolute Gasteiger partial charge is 0.0630 e. The molecule has 0 heterocycles. The molecule has 2 rings (SSSR count). The van der Waals surface area contributed by atoms with Gasteiger partial charge in [0.1, 0.15) is 0 Å². The first-order valence-electron chi connectivity index (χ1n) is 6.07. The topological polar surface area (TPSA) is 21.3 Å². The van der Waals surface area contributed by atoms with E-state index in [-0.39, 0.29) is 0 Å². The maximum atomic E-state index is 5.65. The van der Waals surface area contributed by atoms with Crippen LogP contribution in [0, 0.1) is 11.3 Å². The second kappa shape index (κ2) is 4.19. The highest BCUT2D eigenvalue weighted by molar-refractivity contribution is 5.09. The van der Waals surface area contributed by atoms with E-state index in [1.807, 2.05) is 7.11 Å². The zero-order chi connectivity index (χ0) is 10.0. The molecule has 14 heavy (non-hydrogen) atoms. The van der Waals surface area contributed by atoms with E-state index >= 15 is 0 Å². The van der Waals surface area contributed by atoms with Crippen molar-refractivity contribution in [3.8, 4) is 0 Å². The summed E-state index contributed by atoms with van der Waals surface area (Å²) >= 11 is 0. The van der Waals surface area contributed by atoms with Crippen molar-refractivity contribution in [2.75, 3.05) is 20.2 Å². The van der Waals surface area contributed by atoms with E-state index in [0.29, 0.717) is 11.5 Å². The lowest BCUT2D eigenvalue weighted by Crippen LogP contribution is -2.32. The molecule has 0 aromatic rings. The molecule has 0 amide bonds. The van der Waals surface area contributed by atoms with Crippen LogP contribution in [0.2, 0.25) is 0 Å². The van der Waals surface area contributed by atoms with Crippen LogP contribution in [-0.4, -0.2) is 26.3 Å². The molecule has 0 aromatic heterocycles. The maximum Gasteiger partial charge on any atom is 0.0630 e. The minimum absolute atomic E-state index is 0.555. The summed E-state index contributed by atoms with van der Waals surface area (Å²) in [6.45, 7) is 4.49. The van der Waals surface area contributed by atoms with Crippen molar-refractivity contribution in [3.63, 3.8) is 0 Å². The fourth-order valence-corrected chi connectivity index (χ4v) is 3.28. The zero-order valence-electron chi connectivity index (χ0n) is 9.51. The average Bonchev–Trinajstić information content (AvgIpc) is 2.90. The first kappa shape index (κ1) is 10.4. The number of ether oxygens (including phenoxy) is 1. The molecule has 1 N–H and O–H groups in total. The fourth-order valence-electron chi connectivity index (χ4n) is 3.28. The molecule has 2 nitrogen and oxygen atoms in total. The molecule has 2 heteroatoms. The van der Waals surface area contributed by atoms with E-state index in [1.165, 1.54) is 38.6 Å². The summed E-state index contributed by atoms with van der Waals surface area (Å²) in [6.07, 6.45) is 7.44. The van der Waals surface area contributed by atoms with E-state index in [4.69, 9.17) is 4.74 Å². The summed E-state index contributed by atoms with van der Waals surface area (Å²) in [6, 6.07) is 0. The van der Waals surface area contributed by atoms with E-state index in [0.717, 1.165) is 12.5 Å². The summed E-state index contributed by atoms with van der Waals surface area (Å²) < 4.78 is 5.65. The van der Waals surface area contributed by atoms with Crippen molar-refractivity contribution in [1.29, 1.82) is 0 Å². The van der Waals surface area contributed by atoms with E-state index in [9.17, 15) is 0 Å². The lowest BCUT2D eigenvalue weighted by molar-refractivity contribution is 0.00309. The molecule has 82 valence electrons. The van der Waals surface area contributed by atoms with Crippen LogP contribution >= 0.6 is 0 Å². The second-order valence-corrected chi connectivity index (χ2v) is 4.91. The van der Waals surface area contributed by atoms with Crippen LogP contribution < -0.4 is 5.32 Å². The second-order valence-electron chi connectivity index (χ2n) is 4.91. The van der Waals surface area contributed by atoms with Crippen LogP contribution in [0.5, 0.6) is 0 Å². The van der Waals surface area contributed by atoms with Crippen LogP contribution in [0.1, 0.15) is 39.0 Å². The third-order valence-corrected chi connectivity index (χ3v) is 4.20. The molecule has 2 aliphatic rings. The van der Waals surface area contributed by atoms with Gasteiger partial charge in [-0.15, -0.1) is 0 Å². The van der Waals surface area contributed by atoms with Gasteiger partial charge < -0.3 is 10.1 Å². The molecular formula is C12H23NO. The Kier molecular flexibility index (Phi) is 3.13. The molecule has 0 saturated heterocycles. The van der Waals surface area contributed by atoms with Crippen LogP contribution in [0.3, 0.4) is 0 Å². The molecule has 2 saturated carbocycles. The van der Waals surface area contributed by atoms with Crippen molar-refractivity contribution >= 4 is 0 Å². The Morgan fingerprint density at radius 2 is 2.29 bits per heavy atom. The molecule has 0 bridgehead atoms. The van der Waals surface area contributed by atoms with Crippen LogP contribution in [0.15, 0.2) is 0 Å². The molecule has 0 radical (unpaired) electrons. The minimum Gasteiger partial charge on any atom is -0.381 e. The standard InChI is InChI=1S/C12H23NO/c1-3-13-9-10-8-12(10)7-5-4-6-11(12)14-2/h10-11,13H,3-9H2,1-2H3. The van der Waals surface area contributed by atoms with E-state index in [1.54, 1.807) is 0 Å². The highest BCUT2D eigenvalue weighted by Gasteiger charge is 2.58. The fraction of sp³-hybridized carbons (Fsp3) is 1.00. The minimum atomic E-state index is 0.555. The number of methoxy groups -OCH3 is 1. The monoisotopic (exact) mass is 197 g/mol. The van der Waals surface area contributed by atoms with Gasteiger partial charge in [0.05, 0.1) is 6.10 Å². The lowest BCUT2D eigenvalue weighted by atomic mass is 9.81. The van der Waals surface area contributed by atoms with Gasteiger partial charge in [0, 0.05) is 12.5 Å². The summed E-state index contributed by atoms with van der Waals surface area (Å²) in [5.74, 6) is 0.896. The number of hydrogen-bond acceptors (Lipinski definition) is 2. The third-order valence-electron chi connectivity index (χ3n) is 4.20. The largest absolute Gasteiger partial charge is 0.381 e. The Bertz CT molecular complexity index is 195. The maximum absolute atomic E-state index is 5.65. The average molecular weight is 197 g/mol. The summed E-state index contributed by atoms with van der Waals surface area (Å²) in [5.41, 5.74) is 0.579. The third kappa shape index (κ3) is 1.70. The molecule has 1 spiro atoms. The predicted molar refractivity (Wildman–Crippen MR) is 58.3 cm³/mol. The van der Waals surface area contributed by atoms with Crippen molar-refractivity contribution < 1.29 is 4.74 Å². The molecular weight excluding hydrogens is 174 g/mol. The highest BCUT2D eigenvalue weighted by atomic mass is 16.5. The molecule has 0 aromatic carbocycles. The predicted octanol–water partition coefficient (Wildman–Crippen LogP) is 2.19. The van der Waals surface area contributed by atoms with Crippen LogP contribution in [-0.2, 0) is 4.74 Å². The quantitative estimate of drug-likeness (QED) is 0.746. The van der Waals surface area contributed by atoms with E-state index < -0.39 is 0 Å². The Labute approximate surface area is 87.4 Å². The molecule has 2 fully saturated rings. The van der Waals surface area contributed by atoms with Gasteiger partial charge in [-0.3, -0.25) is 0 Å². The first-order chi connectivity index (χ1) is 6.83. The summed E-state index contributed by atoms with van der Waals surface area (Å²) in [7, 11) is 1.89. The SMILES string of the molecule is CCNCC1CC12CCCCC2OC. The molecule has 2 aliphatic carbocycles. The van der Waals surface area contributed by atoms with Crippen molar-refractivity contribution in [3.05, 3.63) is 0 Å². The van der Waals surface area contributed by atoms with Gasteiger partial charge in [-0.05, 0) is 38.3 Å². The lowest BCUT2D eigenvalue weighted by Gasteiger charge is -2.32. The summed E-state index contributed by atoms with van der Waals surface area (Å²) in [5, 5.41) is 3.47. The van der Waals surface area contributed by atoms with Gasteiger partial charge in [-0.25, -0.2) is 0 Å². The molecule has 3 unspecified atom stereocenters. The van der Waals surface area contributed by atoms with E-state index in [2.05, 4.69) is 12.2 Å². The van der Waals surface area contributed by atoms with Gasteiger partial charge in [-0.2, -0.15) is 0 Å². The van der Waals surface area contributed by atoms with Crippen molar-refractivity contribution in [1.82, 2.24) is 5.32 Å². The normalized spacial score (nSPS) is 41.6. The van der Waals surface area contributed by atoms with Gasteiger partial charge in [0.15, 0.2) is 0 Å². The molecule has 3 atom stereocenters. The van der Waals surface area contributed by atoms with Crippen molar-refractivity contribution in [2.24, 2.45) is 11.3 Å². The van der Waals surface area contributed by atoms with Crippen LogP contribution in [0.25, 0.3) is 0 Å². The van der Waals surface area contributed by atoms with Crippen molar-refractivity contribution in [2.45, 2.75) is 45.1 Å². The number of hydrogen-bond donors (Lipinski definition) is 1. The first-order valence-corrected chi connectivity index (χ1v) is 6.07. The Morgan fingerprint density at radius 1 is 1.43 bits per heavy atom. The number of nitrogens with one attached hydrogen (secondary N) is 1. The molecule has 0 aliphatic heterocycles. The van der Waals surface area contributed by atoms with Gasteiger partial charge in [0.25, 0.3) is 0 Å². The van der Waals surface area contributed by atoms with Gasteiger partial charge in [0.2, 0.25) is 0 Å². The Balaban J connectivity index is 1.88. The van der Waals surface area contributed by atoms with Gasteiger partial charge in [-0.1, -0.05) is 19.8 Å². The zero-order valence-corrected chi connectivity index (χ0v) is 9.51. The highest BCUT2D eigenvalue weighted by Crippen LogP contribution is 2.61.